The normalized spacial score (nSPS) is 19.6. The molecular formula is C18H18N2O5. The van der Waals surface area contributed by atoms with Crippen molar-refractivity contribution in [3.63, 3.8) is 0 Å². The van der Waals surface area contributed by atoms with Crippen LogP contribution in [0.4, 0.5) is 11.4 Å². The van der Waals surface area contributed by atoms with Crippen molar-refractivity contribution in [3.05, 3.63) is 69.8 Å². The fourth-order valence-corrected chi connectivity index (χ4v) is 2.84. The molecule has 1 atom stereocenters. The van der Waals surface area contributed by atoms with Gasteiger partial charge < -0.3 is 15.2 Å². The van der Waals surface area contributed by atoms with Crippen LogP contribution >= 0.6 is 0 Å². The Kier molecular flexibility index (Phi) is 4.78. The van der Waals surface area contributed by atoms with Gasteiger partial charge in [0.2, 0.25) is 0 Å². The lowest BCUT2D eigenvalue weighted by Crippen LogP contribution is -2.42. The summed E-state index contributed by atoms with van der Waals surface area (Å²) in [5, 5.41) is 24.1. The molecule has 1 heterocycles. The third kappa shape index (κ3) is 3.52. The number of ether oxygens (including phenoxy) is 1. The Bertz CT molecular complexity index is 785. The monoisotopic (exact) mass is 342 g/mol. The maximum atomic E-state index is 12.5. The lowest BCUT2D eigenvalue weighted by molar-refractivity contribution is -0.384. The molecule has 7 heteroatoms. The minimum Gasteiger partial charge on any atom is -0.394 e. The Balaban J connectivity index is 1.93. The van der Waals surface area contributed by atoms with E-state index in [0.29, 0.717) is 18.6 Å². The molecule has 0 saturated carbocycles. The Morgan fingerprint density at radius 1 is 1.24 bits per heavy atom. The first-order chi connectivity index (χ1) is 12.0. The number of aliphatic hydroxyl groups is 1. The number of benzene rings is 2. The van der Waals surface area contributed by atoms with E-state index in [-0.39, 0.29) is 35.9 Å². The van der Waals surface area contributed by atoms with Gasteiger partial charge in [-0.3, -0.25) is 14.9 Å². The number of hydrogen-bond donors (Lipinski definition) is 2. The summed E-state index contributed by atoms with van der Waals surface area (Å²) in [6.07, 6.45) is 0.547. The molecule has 7 nitrogen and oxygen atoms in total. The number of carbonyl (C=O) groups is 1. The highest BCUT2D eigenvalue weighted by Crippen LogP contribution is 2.32. The van der Waals surface area contributed by atoms with Crippen LogP contribution in [0.25, 0.3) is 0 Å². The van der Waals surface area contributed by atoms with Gasteiger partial charge in [0.05, 0.1) is 23.7 Å². The van der Waals surface area contributed by atoms with E-state index in [2.05, 4.69) is 5.32 Å². The van der Waals surface area contributed by atoms with Gasteiger partial charge in [0.1, 0.15) is 5.69 Å². The molecule has 0 aliphatic carbocycles. The number of nitro groups is 1. The fourth-order valence-electron chi connectivity index (χ4n) is 2.84. The van der Waals surface area contributed by atoms with Crippen molar-refractivity contribution < 1.29 is 19.6 Å². The molecule has 0 radical (unpaired) electrons. The van der Waals surface area contributed by atoms with Gasteiger partial charge in [-0.2, -0.15) is 0 Å². The largest absolute Gasteiger partial charge is 0.394 e. The quantitative estimate of drug-likeness (QED) is 0.475. The SMILES string of the molecule is O=C(c1ccccc1)c1ccc(N[C@@]2(CO)CCOC2)c([N+](=O)[O-])c1. The smallest absolute Gasteiger partial charge is 0.293 e. The van der Waals surface area contributed by atoms with E-state index in [1.165, 1.54) is 12.1 Å². The van der Waals surface area contributed by atoms with Crippen molar-refractivity contribution in [2.45, 2.75) is 12.0 Å². The highest BCUT2D eigenvalue weighted by atomic mass is 16.6. The number of nitrogens with one attached hydrogen (secondary N) is 1. The van der Waals surface area contributed by atoms with Crippen LogP contribution in [-0.4, -0.2) is 41.2 Å². The Labute approximate surface area is 144 Å². The summed E-state index contributed by atoms with van der Waals surface area (Å²) in [6, 6.07) is 12.9. The van der Waals surface area contributed by atoms with Crippen LogP contribution in [0, 0.1) is 10.1 Å². The maximum Gasteiger partial charge on any atom is 0.293 e. The molecule has 2 aromatic rings. The number of rotatable bonds is 6. The molecule has 1 aliphatic rings. The van der Waals surface area contributed by atoms with Crippen molar-refractivity contribution in [1.82, 2.24) is 0 Å². The molecule has 130 valence electrons. The molecule has 0 bridgehead atoms. The van der Waals surface area contributed by atoms with Crippen LogP contribution in [0.3, 0.4) is 0 Å². The van der Waals surface area contributed by atoms with E-state index < -0.39 is 10.5 Å². The molecule has 0 unspecified atom stereocenters. The highest BCUT2D eigenvalue weighted by molar-refractivity contribution is 6.09. The van der Waals surface area contributed by atoms with Crippen LogP contribution in [0.2, 0.25) is 0 Å². The third-order valence-electron chi connectivity index (χ3n) is 4.30. The van der Waals surface area contributed by atoms with E-state index in [1.807, 2.05) is 0 Å². The van der Waals surface area contributed by atoms with Gasteiger partial charge in [-0.1, -0.05) is 30.3 Å². The minimum absolute atomic E-state index is 0.200. The van der Waals surface area contributed by atoms with Crippen molar-refractivity contribution in [1.29, 1.82) is 0 Å². The van der Waals surface area contributed by atoms with Crippen molar-refractivity contribution in [3.8, 4) is 0 Å². The first kappa shape index (κ1) is 17.1. The van der Waals surface area contributed by atoms with Crippen LogP contribution in [0.5, 0.6) is 0 Å². The van der Waals surface area contributed by atoms with E-state index in [9.17, 15) is 20.0 Å². The van der Waals surface area contributed by atoms with Crippen LogP contribution in [0.1, 0.15) is 22.3 Å². The summed E-state index contributed by atoms with van der Waals surface area (Å²) in [5.74, 6) is -0.281. The molecule has 3 rings (SSSR count). The number of nitrogens with zero attached hydrogens (tertiary/aromatic N) is 1. The lowest BCUT2D eigenvalue weighted by Gasteiger charge is -2.27. The summed E-state index contributed by atoms with van der Waals surface area (Å²) in [4.78, 5) is 23.4. The minimum atomic E-state index is -0.740. The van der Waals surface area contributed by atoms with Crippen LogP contribution < -0.4 is 5.32 Å². The first-order valence-corrected chi connectivity index (χ1v) is 7.90. The highest BCUT2D eigenvalue weighted by Gasteiger charge is 2.36. The van der Waals surface area contributed by atoms with Gasteiger partial charge in [0.15, 0.2) is 5.78 Å². The molecule has 2 aromatic carbocycles. The zero-order valence-corrected chi connectivity index (χ0v) is 13.5. The van der Waals surface area contributed by atoms with Gasteiger partial charge in [-0.25, -0.2) is 0 Å². The lowest BCUT2D eigenvalue weighted by atomic mass is 9.98. The second-order valence-corrected chi connectivity index (χ2v) is 6.05. The van der Waals surface area contributed by atoms with Gasteiger partial charge in [-0.05, 0) is 18.6 Å². The molecule has 1 fully saturated rings. The summed E-state index contributed by atoms with van der Waals surface area (Å²) < 4.78 is 5.30. The van der Waals surface area contributed by atoms with E-state index >= 15 is 0 Å². The van der Waals surface area contributed by atoms with Gasteiger partial charge >= 0.3 is 0 Å². The van der Waals surface area contributed by atoms with Crippen molar-refractivity contribution >= 4 is 17.2 Å². The maximum absolute atomic E-state index is 12.5. The molecular weight excluding hydrogens is 324 g/mol. The van der Waals surface area contributed by atoms with Crippen molar-refractivity contribution in [2.75, 3.05) is 25.1 Å². The van der Waals surface area contributed by atoms with Crippen molar-refractivity contribution in [2.24, 2.45) is 0 Å². The van der Waals surface area contributed by atoms with Gasteiger partial charge in [-0.15, -0.1) is 0 Å². The standard InChI is InChI=1S/C18H18N2O5/c21-11-18(8-9-25-12-18)19-15-7-6-14(10-16(15)20(23)24)17(22)13-4-2-1-3-5-13/h1-7,10,19,21H,8-9,11-12H2/t18-/m1/s1. The molecule has 0 aromatic heterocycles. The second-order valence-electron chi connectivity index (χ2n) is 6.05. The third-order valence-corrected chi connectivity index (χ3v) is 4.30. The second kappa shape index (κ2) is 7.00. The number of aliphatic hydroxyl groups excluding tert-OH is 1. The molecule has 2 N–H and O–H groups in total. The predicted octanol–water partition coefficient (Wildman–Crippen LogP) is 2.39. The fraction of sp³-hybridized carbons (Fsp3) is 0.278. The summed E-state index contributed by atoms with van der Waals surface area (Å²) in [7, 11) is 0. The van der Waals surface area contributed by atoms with Crippen LogP contribution in [-0.2, 0) is 4.74 Å². The summed E-state index contributed by atoms with van der Waals surface area (Å²) in [6.45, 7) is 0.548. The van der Waals surface area contributed by atoms with E-state index in [1.54, 1.807) is 36.4 Å². The summed E-state index contributed by atoms with van der Waals surface area (Å²) in [5.41, 5.74) is 0.0174. The number of hydrogen-bond acceptors (Lipinski definition) is 6. The Hall–Kier alpha value is -2.77. The Morgan fingerprint density at radius 3 is 2.60 bits per heavy atom. The summed E-state index contributed by atoms with van der Waals surface area (Å²) >= 11 is 0. The number of carbonyl (C=O) groups excluding carboxylic acids is 1. The number of ketones is 1. The molecule has 1 aliphatic heterocycles. The predicted molar refractivity (Wildman–Crippen MR) is 91.8 cm³/mol. The van der Waals surface area contributed by atoms with Gasteiger partial charge in [0, 0.05) is 23.8 Å². The molecule has 0 spiro atoms. The van der Waals surface area contributed by atoms with E-state index in [4.69, 9.17) is 4.74 Å². The molecule has 1 saturated heterocycles. The Morgan fingerprint density at radius 2 is 2.00 bits per heavy atom. The van der Waals surface area contributed by atoms with E-state index in [0.717, 1.165) is 0 Å². The zero-order valence-electron chi connectivity index (χ0n) is 13.5. The van der Waals surface area contributed by atoms with Crippen LogP contribution in [0.15, 0.2) is 48.5 Å². The first-order valence-electron chi connectivity index (χ1n) is 7.90. The number of nitro benzene ring substituents is 1. The molecule has 25 heavy (non-hydrogen) atoms. The topological polar surface area (TPSA) is 102 Å². The van der Waals surface area contributed by atoms with Gasteiger partial charge in [0.25, 0.3) is 5.69 Å². The zero-order chi connectivity index (χ0) is 17.9. The average Bonchev–Trinajstić information content (AvgIpc) is 3.11. The average molecular weight is 342 g/mol. The molecule has 0 amide bonds. The number of anilines is 1.